The average molecular weight is 248 g/mol. The number of hydrogen-bond acceptors (Lipinski definition) is 2. The van der Waals surface area contributed by atoms with Gasteiger partial charge in [0, 0.05) is 18.8 Å². The smallest absolute Gasteiger partial charge is 0.256 e. The van der Waals surface area contributed by atoms with Crippen molar-refractivity contribution in [1.82, 2.24) is 4.90 Å². The van der Waals surface area contributed by atoms with Crippen molar-refractivity contribution in [1.29, 1.82) is 0 Å². The van der Waals surface area contributed by atoms with Crippen LogP contribution < -0.4 is 5.73 Å². The van der Waals surface area contributed by atoms with Crippen LogP contribution in [0.1, 0.15) is 29.6 Å². The number of amides is 1. The van der Waals surface area contributed by atoms with Gasteiger partial charge in [-0.2, -0.15) is 0 Å². The zero-order chi connectivity index (χ0) is 12.7. The van der Waals surface area contributed by atoms with Crippen molar-refractivity contribution < 1.29 is 9.18 Å². The van der Waals surface area contributed by atoms with Crippen molar-refractivity contribution in [2.45, 2.75) is 19.3 Å². The number of likely N-dealkylation sites (tertiary alicyclic amines) is 1. The SMILES string of the molecule is Nc1ccc(C(=O)N2CC3CCCC3C2)c(F)c1. The van der Waals surface area contributed by atoms with Crippen molar-refractivity contribution in [3.05, 3.63) is 29.6 Å². The van der Waals surface area contributed by atoms with E-state index in [-0.39, 0.29) is 11.5 Å². The van der Waals surface area contributed by atoms with Crippen LogP contribution in [-0.2, 0) is 0 Å². The number of nitrogens with two attached hydrogens (primary N) is 1. The molecule has 1 saturated heterocycles. The number of rotatable bonds is 1. The molecule has 1 saturated carbocycles. The molecule has 2 fully saturated rings. The summed E-state index contributed by atoms with van der Waals surface area (Å²) >= 11 is 0. The molecule has 2 unspecified atom stereocenters. The number of halogens is 1. The topological polar surface area (TPSA) is 46.3 Å². The second-order valence-electron chi connectivity index (χ2n) is 5.40. The molecule has 0 radical (unpaired) electrons. The summed E-state index contributed by atoms with van der Waals surface area (Å²) < 4.78 is 13.7. The van der Waals surface area contributed by atoms with Crippen LogP contribution in [-0.4, -0.2) is 23.9 Å². The van der Waals surface area contributed by atoms with Crippen LogP contribution in [0.15, 0.2) is 18.2 Å². The van der Waals surface area contributed by atoms with Gasteiger partial charge in [0.2, 0.25) is 0 Å². The molecule has 3 nitrogen and oxygen atoms in total. The van der Waals surface area contributed by atoms with Crippen LogP contribution in [0.3, 0.4) is 0 Å². The summed E-state index contributed by atoms with van der Waals surface area (Å²) in [6, 6.07) is 4.28. The van der Waals surface area contributed by atoms with Crippen molar-refractivity contribution >= 4 is 11.6 Å². The predicted molar refractivity (Wildman–Crippen MR) is 67.5 cm³/mol. The summed E-state index contributed by atoms with van der Waals surface area (Å²) in [7, 11) is 0. The Hall–Kier alpha value is -1.58. The van der Waals surface area contributed by atoms with Crippen molar-refractivity contribution in [3.8, 4) is 0 Å². The molecular weight excluding hydrogens is 231 g/mol. The molecule has 1 heterocycles. The second kappa shape index (κ2) is 4.26. The molecule has 0 bridgehead atoms. The number of hydrogen-bond donors (Lipinski definition) is 1. The fourth-order valence-electron chi connectivity index (χ4n) is 3.28. The Morgan fingerprint density at radius 1 is 1.28 bits per heavy atom. The van der Waals surface area contributed by atoms with Gasteiger partial charge in [-0.3, -0.25) is 4.79 Å². The maximum absolute atomic E-state index is 13.7. The summed E-state index contributed by atoms with van der Waals surface area (Å²) in [5.74, 6) is 0.551. The van der Waals surface area contributed by atoms with Gasteiger partial charge in [-0.1, -0.05) is 6.42 Å². The normalized spacial score (nSPS) is 26.4. The Labute approximate surface area is 106 Å². The summed E-state index contributed by atoms with van der Waals surface area (Å²) in [5.41, 5.74) is 5.98. The molecule has 96 valence electrons. The molecule has 1 aliphatic heterocycles. The van der Waals surface area contributed by atoms with Gasteiger partial charge in [-0.05, 0) is 42.9 Å². The number of carbonyl (C=O) groups is 1. The first kappa shape index (κ1) is 11.5. The number of carbonyl (C=O) groups excluding carboxylic acids is 1. The van der Waals surface area contributed by atoms with E-state index in [1.54, 1.807) is 11.0 Å². The lowest BCUT2D eigenvalue weighted by atomic mass is 10.0. The largest absolute Gasteiger partial charge is 0.399 e. The summed E-state index contributed by atoms with van der Waals surface area (Å²) in [6.45, 7) is 1.57. The van der Waals surface area contributed by atoms with Gasteiger partial charge in [0.15, 0.2) is 0 Å². The van der Waals surface area contributed by atoms with Gasteiger partial charge in [0.1, 0.15) is 5.82 Å². The Morgan fingerprint density at radius 3 is 2.56 bits per heavy atom. The monoisotopic (exact) mass is 248 g/mol. The maximum Gasteiger partial charge on any atom is 0.256 e. The number of nitrogens with zero attached hydrogens (tertiary/aromatic N) is 1. The molecule has 1 aromatic rings. The number of nitrogen functional groups attached to an aromatic ring is 1. The second-order valence-corrected chi connectivity index (χ2v) is 5.40. The van der Waals surface area contributed by atoms with Crippen molar-refractivity contribution in [2.24, 2.45) is 11.8 Å². The van der Waals surface area contributed by atoms with Crippen LogP contribution in [0.2, 0.25) is 0 Å². The standard InChI is InChI=1S/C14H17FN2O/c15-13-6-11(16)4-5-12(13)14(18)17-7-9-2-1-3-10(9)8-17/h4-6,9-10H,1-3,7-8,16H2. The lowest BCUT2D eigenvalue weighted by Crippen LogP contribution is -2.30. The quantitative estimate of drug-likeness (QED) is 0.775. The van der Waals surface area contributed by atoms with Crippen LogP contribution in [0.4, 0.5) is 10.1 Å². The lowest BCUT2D eigenvalue weighted by Gasteiger charge is -2.17. The van der Waals surface area contributed by atoms with Gasteiger partial charge in [0.05, 0.1) is 5.56 Å². The number of benzene rings is 1. The fraction of sp³-hybridized carbons (Fsp3) is 0.500. The Balaban J connectivity index is 1.79. The lowest BCUT2D eigenvalue weighted by molar-refractivity contribution is 0.0776. The molecular formula is C14H17FN2O. The molecule has 1 aliphatic carbocycles. The molecule has 3 rings (SSSR count). The molecule has 2 aliphatic rings. The van der Waals surface area contributed by atoms with Crippen molar-refractivity contribution in [2.75, 3.05) is 18.8 Å². The number of fused-ring (bicyclic) bond motifs is 1. The first-order valence-electron chi connectivity index (χ1n) is 6.49. The van der Waals surface area contributed by atoms with E-state index in [2.05, 4.69) is 0 Å². The third-order valence-corrected chi connectivity index (χ3v) is 4.24. The number of anilines is 1. The van der Waals surface area contributed by atoms with Gasteiger partial charge >= 0.3 is 0 Å². The molecule has 2 atom stereocenters. The van der Waals surface area contributed by atoms with Gasteiger partial charge in [0.25, 0.3) is 5.91 Å². The zero-order valence-corrected chi connectivity index (χ0v) is 10.2. The highest BCUT2D eigenvalue weighted by atomic mass is 19.1. The molecule has 18 heavy (non-hydrogen) atoms. The molecule has 2 N–H and O–H groups in total. The van der Waals surface area contributed by atoms with E-state index in [1.807, 2.05) is 0 Å². The van der Waals surface area contributed by atoms with Crippen LogP contribution in [0, 0.1) is 17.7 Å². The van der Waals surface area contributed by atoms with E-state index in [4.69, 9.17) is 5.73 Å². The summed E-state index contributed by atoms with van der Waals surface area (Å²) in [5, 5.41) is 0. The van der Waals surface area contributed by atoms with Crippen LogP contribution >= 0.6 is 0 Å². The third-order valence-electron chi connectivity index (χ3n) is 4.24. The van der Waals surface area contributed by atoms with Crippen molar-refractivity contribution in [3.63, 3.8) is 0 Å². The molecule has 0 aromatic heterocycles. The maximum atomic E-state index is 13.7. The van der Waals surface area contributed by atoms with E-state index in [1.165, 1.54) is 31.4 Å². The van der Waals surface area contributed by atoms with E-state index in [0.717, 1.165) is 13.1 Å². The molecule has 1 amide bonds. The van der Waals surface area contributed by atoms with Gasteiger partial charge in [-0.15, -0.1) is 0 Å². The Morgan fingerprint density at radius 2 is 1.94 bits per heavy atom. The van der Waals surface area contributed by atoms with E-state index in [0.29, 0.717) is 17.5 Å². The first-order valence-corrected chi connectivity index (χ1v) is 6.49. The third kappa shape index (κ3) is 1.85. The van der Waals surface area contributed by atoms with E-state index < -0.39 is 5.82 Å². The van der Waals surface area contributed by atoms with Gasteiger partial charge < -0.3 is 10.6 Å². The average Bonchev–Trinajstić information content (AvgIpc) is 2.87. The minimum Gasteiger partial charge on any atom is -0.399 e. The Bertz CT molecular complexity index is 477. The molecule has 4 heteroatoms. The summed E-state index contributed by atoms with van der Waals surface area (Å²) in [4.78, 5) is 14.1. The van der Waals surface area contributed by atoms with E-state index >= 15 is 0 Å². The highest BCUT2D eigenvalue weighted by Crippen LogP contribution is 2.38. The highest BCUT2D eigenvalue weighted by Gasteiger charge is 2.38. The minimum atomic E-state index is -0.517. The first-order chi connectivity index (χ1) is 8.65. The molecule has 1 aromatic carbocycles. The highest BCUT2D eigenvalue weighted by molar-refractivity contribution is 5.95. The fourth-order valence-corrected chi connectivity index (χ4v) is 3.28. The van der Waals surface area contributed by atoms with E-state index in [9.17, 15) is 9.18 Å². The Kier molecular flexibility index (Phi) is 2.73. The molecule has 0 spiro atoms. The summed E-state index contributed by atoms with van der Waals surface area (Å²) in [6.07, 6.45) is 3.69. The minimum absolute atomic E-state index is 0.143. The predicted octanol–water partition coefficient (Wildman–Crippen LogP) is 2.28. The van der Waals surface area contributed by atoms with Crippen LogP contribution in [0.25, 0.3) is 0 Å². The zero-order valence-electron chi connectivity index (χ0n) is 10.2. The van der Waals surface area contributed by atoms with Gasteiger partial charge in [-0.25, -0.2) is 4.39 Å². The van der Waals surface area contributed by atoms with Crippen LogP contribution in [0.5, 0.6) is 0 Å².